The standard InChI is InChI=1S/C18H15ClN2O2/c1-12-3-2-4-15(9-12)23-17-11-13(5-7-16(17)19)10-14-6-8-18(22)21-20-14/h2-9,11H,10H2,1H3,(H,21,22). The van der Waals surface area contributed by atoms with Crippen LogP contribution in [0.25, 0.3) is 0 Å². The molecule has 0 spiro atoms. The SMILES string of the molecule is Cc1cccc(Oc2cc(Cc3ccc(=O)[nH]n3)ccc2Cl)c1. The number of hydrogen-bond acceptors (Lipinski definition) is 3. The van der Waals surface area contributed by atoms with E-state index in [0.29, 0.717) is 17.2 Å². The predicted molar refractivity (Wildman–Crippen MR) is 90.4 cm³/mol. The van der Waals surface area contributed by atoms with Crippen LogP contribution in [-0.2, 0) is 6.42 Å². The molecule has 2 aromatic carbocycles. The van der Waals surface area contributed by atoms with E-state index in [4.69, 9.17) is 16.3 Å². The number of aromatic nitrogens is 2. The fourth-order valence-corrected chi connectivity index (χ4v) is 2.38. The van der Waals surface area contributed by atoms with E-state index < -0.39 is 0 Å². The highest BCUT2D eigenvalue weighted by Crippen LogP contribution is 2.31. The molecule has 0 aliphatic carbocycles. The van der Waals surface area contributed by atoms with Crippen LogP contribution < -0.4 is 10.3 Å². The van der Waals surface area contributed by atoms with Gasteiger partial charge in [-0.2, -0.15) is 5.10 Å². The second-order valence-electron chi connectivity index (χ2n) is 5.27. The normalized spacial score (nSPS) is 10.5. The average molecular weight is 327 g/mol. The third kappa shape index (κ3) is 3.99. The van der Waals surface area contributed by atoms with E-state index in [-0.39, 0.29) is 5.56 Å². The number of aryl methyl sites for hydroxylation is 1. The molecule has 0 unspecified atom stereocenters. The Kier molecular flexibility index (Phi) is 4.44. The summed E-state index contributed by atoms with van der Waals surface area (Å²) >= 11 is 6.22. The lowest BCUT2D eigenvalue weighted by Gasteiger charge is -2.10. The molecule has 116 valence electrons. The van der Waals surface area contributed by atoms with Crippen LogP contribution >= 0.6 is 11.6 Å². The first-order valence-electron chi connectivity index (χ1n) is 7.18. The maximum atomic E-state index is 11.0. The zero-order chi connectivity index (χ0) is 16.2. The molecule has 3 aromatic rings. The number of ether oxygens (including phenoxy) is 1. The van der Waals surface area contributed by atoms with Crippen LogP contribution in [0.2, 0.25) is 5.02 Å². The molecule has 0 saturated carbocycles. The van der Waals surface area contributed by atoms with Crippen molar-refractivity contribution in [2.45, 2.75) is 13.3 Å². The molecule has 3 rings (SSSR count). The minimum Gasteiger partial charge on any atom is -0.456 e. The van der Waals surface area contributed by atoms with Crippen molar-refractivity contribution in [3.8, 4) is 11.5 Å². The van der Waals surface area contributed by atoms with E-state index in [1.807, 2.05) is 43.3 Å². The predicted octanol–water partition coefficient (Wildman–Crippen LogP) is 4.11. The quantitative estimate of drug-likeness (QED) is 0.784. The van der Waals surface area contributed by atoms with Gasteiger partial charge in [-0.15, -0.1) is 0 Å². The molecule has 0 atom stereocenters. The molecule has 1 heterocycles. The van der Waals surface area contributed by atoms with Gasteiger partial charge in [0.25, 0.3) is 5.56 Å². The number of hydrogen-bond donors (Lipinski definition) is 1. The number of rotatable bonds is 4. The van der Waals surface area contributed by atoms with Gasteiger partial charge in [0.05, 0.1) is 10.7 Å². The highest BCUT2D eigenvalue weighted by molar-refractivity contribution is 6.32. The molecule has 0 aliphatic rings. The maximum absolute atomic E-state index is 11.0. The van der Waals surface area contributed by atoms with Crippen molar-refractivity contribution in [1.29, 1.82) is 0 Å². The number of aromatic amines is 1. The van der Waals surface area contributed by atoms with Crippen molar-refractivity contribution >= 4 is 11.6 Å². The molecule has 1 N–H and O–H groups in total. The van der Waals surface area contributed by atoms with Crippen LogP contribution in [0.5, 0.6) is 11.5 Å². The van der Waals surface area contributed by atoms with Crippen molar-refractivity contribution in [3.05, 3.63) is 86.8 Å². The summed E-state index contributed by atoms with van der Waals surface area (Å²) in [6, 6.07) is 16.5. The molecule has 0 radical (unpaired) electrons. The third-order valence-corrected chi connectivity index (χ3v) is 3.65. The zero-order valence-corrected chi connectivity index (χ0v) is 13.3. The Balaban J connectivity index is 1.84. The Bertz CT molecular complexity index is 870. The van der Waals surface area contributed by atoms with Crippen molar-refractivity contribution in [2.75, 3.05) is 0 Å². The van der Waals surface area contributed by atoms with Gasteiger partial charge in [0, 0.05) is 12.5 Å². The van der Waals surface area contributed by atoms with Gasteiger partial charge in [-0.05, 0) is 48.4 Å². The van der Waals surface area contributed by atoms with Crippen LogP contribution in [0.1, 0.15) is 16.8 Å². The summed E-state index contributed by atoms with van der Waals surface area (Å²) in [5.41, 5.74) is 2.67. The van der Waals surface area contributed by atoms with Gasteiger partial charge in [0.15, 0.2) is 0 Å². The Labute approximate surface area is 138 Å². The second-order valence-corrected chi connectivity index (χ2v) is 5.68. The molecule has 5 heteroatoms. The number of nitrogens with zero attached hydrogens (tertiary/aromatic N) is 1. The first kappa shape index (κ1) is 15.3. The maximum Gasteiger partial charge on any atom is 0.264 e. The third-order valence-electron chi connectivity index (χ3n) is 3.34. The highest BCUT2D eigenvalue weighted by atomic mass is 35.5. The van der Waals surface area contributed by atoms with Gasteiger partial charge in [-0.3, -0.25) is 4.79 Å². The van der Waals surface area contributed by atoms with Crippen molar-refractivity contribution in [1.82, 2.24) is 10.2 Å². The van der Waals surface area contributed by atoms with Crippen LogP contribution in [-0.4, -0.2) is 10.2 Å². The molecule has 0 saturated heterocycles. The summed E-state index contributed by atoms with van der Waals surface area (Å²) in [5, 5.41) is 6.99. The van der Waals surface area contributed by atoms with E-state index in [2.05, 4.69) is 10.2 Å². The zero-order valence-electron chi connectivity index (χ0n) is 12.5. The molecular formula is C18H15ClN2O2. The van der Waals surface area contributed by atoms with E-state index in [0.717, 1.165) is 22.6 Å². The summed E-state index contributed by atoms with van der Waals surface area (Å²) in [4.78, 5) is 11.0. The summed E-state index contributed by atoms with van der Waals surface area (Å²) in [5.74, 6) is 1.34. The number of benzene rings is 2. The lowest BCUT2D eigenvalue weighted by molar-refractivity contribution is 0.482. The lowest BCUT2D eigenvalue weighted by atomic mass is 10.1. The minimum atomic E-state index is -0.215. The van der Waals surface area contributed by atoms with Gasteiger partial charge < -0.3 is 4.74 Å². The van der Waals surface area contributed by atoms with E-state index in [1.165, 1.54) is 6.07 Å². The fraction of sp³-hybridized carbons (Fsp3) is 0.111. The van der Waals surface area contributed by atoms with Gasteiger partial charge in [0.2, 0.25) is 0 Å². The van der Waals surface area contributed by atoms with Gasteiger partial charge in [-0.1, -0.05) is 29.8 Å². The number of H-pyrrole nitrogens is 1. The Hall–Kier alpha value is -2.59. The Morgan fingerprint density at radius 1 is 1.13 bits per heavy atom. The lowest BCUT2D eigenvalue weighted by Crippen LogP contribution is -2.07. The van der Waals surface area contributed by atoms with Crippen LogP contribution in [0.15, 0.2) is 59.4 Å². The Morgan fingerprint density at radius 2 is 2.00 bits per heavy atom. The molecule has 0 aliphatic heterocycles. The number of halogens is 1. The van der Waals surface area contributed by atoms with Crippen molar-refractivity contribution in [3.63, 3.8) is 0 Å². The molecule has 0 bridgehead atoms. The molecular weight excluding hydrogens is 312 g/mol. The van der Waals surface area contributed by atoms with Crippen molar-refractivity contribution in [2.24, 2.45) is 0 Å². The first-order chi connectivity index (χ1) is 11.1. The van der Waals surface area contributed by atoms with Gasteiger partial charge >= 0.3 is 0 Å². The van der Waals surface area contributed by atoms with Crippen LogP contribution in [0.4, 0.5) is 0 Å². The highest BCUT2D eigenvalue weighted by Gasteiger charge is 2.07. The molecule has 0 fully saturated rings. The number of nitrogens with one attached hydrogen (secondary N) is 1. The van der Waals surface area contributed by atoms with Gasteiger partial charge in [-0.25, -0.2) is 5.10 Å². The van der Waals surface area contributed by atoms with Crippen LogP contribution in [0.3, 0.4) is 0 Å². The first-order valence-corrected chi connectivity index (χ1v) is 7.55. The van der Waals surface area contributed by atoms with E-state index in [9.17, 15) is 4.79 Å². The summed E-state index contributed by atoms with van der Waals surface area (Å²) < 4.78 is 5.88. The molecule has 0 amide bonds. The monoisotopic (exact) mass is 326 g/mol. The topological polar surface area (TPSA) is 55.0 Å². The largest absolute Gasteiger partial charge is 0.456 e. The average Bonchev–Trinajstić information content (AvgIpc) is 2.53. The van der Waals surface area contributed by atoms with E-state index in [1.54, 1.807) is 12.1 Å². The summed E-state index contributed by atoms with van der Waals surface area (Å²) in [6.07, 6.45) is 0.581. The minimum absolute atomic E-state index is 0.215. The van der Waals surface area contributed by atoms with Gasteiger partial charge in [0.1, 0.15) is 11.5 Å². The van der Waals surface area contributed by atoms with Crippen LogP contribution in [0, 0.1) is 6.92 Å². The summed E-state index contributed by atoms with van der Waals surface area (Å²) in [6.45, 7) is 2.01. The van der Waals surface area contributed by atoms with Crippen molar-refractivity contribution < 1.29 is 4.74 Å². The smallest absolute Gasteiger partial charge is 0.264 e. The summed E-state index contributed by atoms with van der Waals surface area (Å²) in [7, 11) is 0. The second kappa shape index (κ2) is 6.67. The van der Waals surface area contributed by atoms with E-state index >= 15 is 0 Å². The fourth-order valence-electron chi connectivity index (χ4n) is 2.22. The molecule has 1 aromatic heterocycles. The Morgan fingerprint density at radius 3 is 2.74 bits per heavy atom. The molecule has 23 heavy (non-hydrogen) atoms. The molecule has 4 nitrogen and oxygen atoms in total.